The van der Waals surface area contributed by atoms with Crippen LogP contribution in [-0.2, 0) is 9.53 Å². The number of hydrogen-bond acceptors (Lipinski definition) is 3. The van der Waals surface area contributed by atoms with Gasteiger partial charge in [-0.2, -0.15) is 0 Å². The number of ether oxygens (including phenoxy) is 1. The van der Waals surface area contributed by atoms with Gasteiger partial charge in [-0.3, -0.25) is 4.79 Å². The molecule has 0 bridgehead atoms. The summed E-state index contributed by atoms with van der Waals surface area (Å²) in [7, 11) is 1.86. The summed E-state index contributed by atoms with van der Waals surface area (Å²) in [5.41, 5.74) is -0.200. The highest BCUT2D eigenvalue weighted by Gasteiger charge is 2.25. The molecule has 0 aliphatic carbocycles. The molecule has 1 aromatic carbocycles. The molecule has 1 heterocycles. The van der Waals surface area contributed by atoms with Gasteiger partial charge in [-0.05, 0) is 29.0 Å². The number of benzene rings is 1. The maximum absolute atomic E-state index is 13.7. The first-order valence-electron chi connectivity index (χ1n) is 5.73. The maximum Gasteiger partial charge on any atom is 0.254 e. The second kappa shape index (κ2) is 5.94. The van der Waals surface area contributed by atoms with Crippen molar-refractivity contribution >= 4 is 27.5 Å². The first-order chi connectivity index (χ1) is 8.97. The standard InChI is InChI=1S/C12H13BrF2N2O2/c1-17-2-3-19-10(6-17)12(18)16-9-5-7(14)4-8(13)11(9)15/h4-5,10H,2-3,6H2,1H3,(H,16,18). The first-order valence-corrected chi connectivity index (χ1v) is 6.52. The van der Waals surface area contributed by atoms with E-state index in [2.05, 4.69) is 21.2 Å². The molecule has 1 N–H and O–H groups in total. The van der Waals surface area contributed by atoms with Gasteiger partial charge in [-0.1, -0.05) is 0 Å². The van der Waals surface area contributed by atoms with Gasteiger partial charge >= 0.3 is 0 Å². The van der Waals surface area contributed by atoms with Crippen molar-refractivity contribution in [2.24, 2.45) is 0 Å². The van der Waals surface area contributed by atoms with Crippen molar-refractivity contribution in [1.82, 2.24) is 4.90 Å². The zero-order valence-electron chi connectivity index (χ0n) is 10.3. The van der Waals surface area contributed by atoms with Crippen LogP contribution in [0.4, 0.5) is 14.5 Å². The Morgan fingerprint density at radius 1 is 1.53 bits per heavy atom. The van der Waals surface area contributed by atoms with Crippen LogP contribution >= 0.6 is 15.9 Å². The van der Waals surface area contributed by atoms with Gasteiger partial charge in [0.1, 0.15) is 11.9 Å². The normalized spacial score (nSPS) is 20.3. The summed E-state index contributed by atoms with van der Waals surface area (Å²) in [6, 6.07) is 1.93. The monoisotopic (exact) mass is 334 g/mol. The molecule has 4 nitrogen and oxygen atoms in total. The van der Waals surface area contributed by atoms with Crippen molar-refractivity contribution in [3.63, 3.8) is 0 Å². The summed E-state index contributed by atoms with van der Waals surface area (Å²) in [6.07, 6.45) is -0.680. The van der Waals surface area contributed by atoms with E-state index in [1.165, 1.54) is 0 Å². The van der Waals surface area contributed by atoms with Gasteiger partial charge < -0.3 is 15.0 Å². The van der Waals surface area contributed by atoms with Crippen LogP contribution in [0.1, 0.15) is 0 Å². The third kappa shape index (κ3) is 3.49. The van der Waals surface area contributed by atoms with E-state index in [9.17, 15) is 13.6 Å². The number of rotatable bonds is 2. The van der Waals surface area contributed by atoms with Crippen LogP contribution in [0.3, 0.4) is 0 Å². The molecular weight excluding hydrogens is 322 g/mol. The van der Waals surface area contributed by atoms with Gasteiger partial charge in [0.25, 0.3) is 5.91 Å². The van der Waals surface area contributed by atoms with E-state index in [-0.39, 0.29) is 10.2 Å². The Bertz CT molecular complexity index is 499. The SMILES string of the molecule is CN1CCOC(C(=O)Nc2cc(F)cc(Br)c2F)C1. The van der Waals surface area contributed by atoms with Gasteiger partial charge in [0.2, 0.25) is 0 Å². The Labute approximate surface area is 117 Å². The van der Waals surface area contributed by atoms with Gasteiger partial charge in [0.05, 0.1) is 16.8 Å². The zero-order chi connectivity index (χ0) is 14.0. The van der Waals surface area contributed by atoms with Gasteiger partial charge in [0, 0.05) is 19.2 Å². The third-order valence-electron chi connectivity index (χ3n) is 2.81. The van der Waals surface area contributed by atoms with Crippen LogP contribution < -0.4 is 5.32 Å². The summed E-state index contributed by atoms with van der Waals surface area (Å²) in [5.74, 6) is -1.83. The lowest BCUT2D eigenvalue weighted by molar-refractivity contribution is -0.132. The van der Waals surface area contributed by atoms with E-state index in [1.54, 1.807) is 0 Å². The lowest BCUT2D eigenvalue weighted by Crippen LogP contribution is -2.46. The van der Waals surface area contributed by atoms with E-state index in [4.69, 9.17) is 4.74 Å². The van der Waals surface area contributed by atoms with Crippen molar-refractivity contribution in [1.29, 1.82) is 0 Å². The Morgan fingerprint density at radius 2 is 2.26 bits per heavy atom. The van der Waals surface area contributed by atoms with E-state index < -0.39 is 23.6 Å². The van der Waals surface area contributed by atoms with Crippen LogP contribution in [-0.4, -0.2) is 43.7 Å². The third-order valence-corrected chi connectivity index (χ3v) is 3.39. The van der Waals surface area contributed by atoms with Crippen molar-refractivity contribution in [2.75, 3.05) is 32.1 Å². The lowest BCUT2D eigenvalue weighted by Gasteiger charge is -2.29. The Kier molecular flexibility index (Phi) is 4.49. The molecular formula is C12H13BrF2N2O2. The summed E-state index contributed by atoms with van der Waals surface area (Å²) in [4.78, 5) is 13.9. The number of nitrogens with one attached hydrogen (secondary N) is 1. The molecule has 1 unspecified atom stereocenters. The molecule has 1 fully saturated rings. The molecule has 19 heavy (non-hydrogen) atoms. The molecule has 7 heteroatoms. The van der Waals surface area contributed by atoms with Gasteiger partial charge in [-0.15, -0.1) is 0 Å². The molecule has 1 amide bonds. The Balaban J connectivity index is 2.10. The van der Waals surface area contributed by atoms with Crippen LogP contribution in [0.2, 0.25) is 0 Å². The highest BCUT2D eigenvalue weighted by atomic mass is 79.9. The number of carbonyl (C=O) groups is 1. The highest BCUT2D eigenvalue weighted by Crippen LogP contribution is 2.25. The largest absolute Gasteiger partial charge is 0.366 e. The zero-order valence-corrected chi connectivity index (χ0v) is 11.8. The molecule has 0 aromatic heterocycles. The van der Waals surface area contributed by atoms with Crippen molar-refractivity contribution in [2.45, 2.75) is 6.10 Å². The molecule has 1 aliphatic heterocycles. The number of amides is 1. The summed E-state index contributed by atoms with van der Waals surface area (Å²) < 4.78 is 32.1. The molecule has 1 aromatic rings. The van der Waals surface area contributed by atoms with Gasteiger partial charge in [-0.25, -0.2) is 8.78 Å². The van der Waals surface area contributed by atoms with E-state index >= 15 is 0 Å². The smallest absolute Gasteiger partial charge is 0.254 e. The molecule has 0 saturated carbocycles. The second-order valence-electron chi connectivity index (χ2n) is 4.36. The number of hydrogen-bond donors (Lipinski definition) is 1. The Morgan fingerprint density at radius 3 is 2.95 bits per heavy atom. The number of carbonyl (C=O) groups excluding carboxylic acids is 1. The van der Waals surface area contributed by atoms with Crippen LogP contribution in [0.15, 0.2) is 16.6 Å². The Hall–Kier alpha value is -1.05. The number of morpholine rings is 1. The summed E-state index contributed by atoms with van der Waals surface area (Å²) in [6.45, 7) is 1.59. The predicted octanol–water partition coefficient (Wildman–Crippen LogP) is 2.00. The minimum absolute atomic E-state index is 0.0375. The fourth-order valence-corrected chi connectivity index (χ4v) is 2.23. The molecule has 0 spiro atoms. The minimum Gasteiger partial charge on any atom is -0.366 e. The van der Waals surface area contributed by atoms with Crippen molar-refractivity contribution in [3.05, 3.63) is 28.2 Å². The predicted molar refractivity (Wildman–Crippen MR) is 69.9 cm³/mol. The van der Waals surface area contributed by atoms with E-state index in [0.29, 0.717) is 13.2 Å². The molecule has 2 rings (SSSR count). The molecule has 0 radical (unpaired) electrons. The summed E-state index contributed by atoms with van der Waals surface area (Å²) >= 11 is 2.89. The van der Waals surface area contributed by atoms with Crippen LogP contribution in [0.25, 0.3) is 0 Å². The maximum atomic E-state index is 13.7. The van der Waals surface area contributed by atoms with E-state index in [0.717, 1.165) is 18.7 Å². The van der Waals surface area contributed by atoms with Crippen LogP contribution in [0.5, 0.6) is 0 Å². The molecule has 1 atom stereocenters. The number of nitrogens with zero attached hydrogens (tertiary/aromatic N) is 1. The number of halogens is 3. The number of anilines is 1. The summed E-state index contributed by atoms with van der Waals surface area (Å²) in [5, 5.41) is 2.35. The first kappa shape index (κ1) is 14.4. The fraction of sp³-hybridized carbons (Fsp3) is 0.417. The average molecular weight is 335 g/mol. The average Bonchev–Trinajstić information content (AvgIpc) is 2.35. The van der Waals surface area contributed by atoms with Crippen molar-refractivity contribution in [3.8, 4) is 0 Å². The van der Waals surface area contributed by atoms with Crippen molar-refractivity contribution < 1.29 is 18.3 Å². The second-order valence-corrected chi connectivity index (χ2v) is 5.21. The number of likely N-dealkylation sites (N-methyl/N-ethyl adjacent to an activating group) is 1. The fourth-order valence-electron chi connectivity index (χ4n) is 1.80. The van der Waals surface area contributed by atoms with Crippen LogP contribution in [0, 0.1) is 11.6 Å². The topological polar surface area (TPSA) is 41.6 Å². The lowest BCUT2D eigenvalue weighted by atomic mass is 10.2. The minimum atomic E-state index is -0.709. The molecule has 104 valence electrons. The molecule has 1 aliphatic rings. The van der Waals surface area contributed by atoms with E-state index in [1.807, 2.05) is 11.9 Å². The molecule has 1 saturated heterocycles. The van der Waals surface area contributed by atoms with Gasteiger partial charge in [0.15, 0.2) is 5.82 Å². The quantitative estimate of drug-likeness (QED) is 0.841. The highest BCUT2D eigenvalue weighted by molar-refractivity contribution is 9.10.